The van der Waals surface area contributed by atoms with E-state index in [0.717, 1.165) is 33.6 Å². The van der Waals surface area contributed by atoms with E-state index in [1.165, 1.54) is 0 Å². The summed E-state index contributed by atoms with van der Waals surface area (Å²) in [4.78, 5) is 16.3. The average molecular weight is 820 g/mol. The molecule has 2 heterocycles. The number of amides is 1. The van der Waals surface area contributed by atoms with Gasteiger partial charge >= 0.3 is 6.09 Å². The van der Waals surface area contributed by atoms with Crippen molar-refractivity contribution >= 4 is 33.7 Å². The van der Waals surface area contributed by atoms with E-state index in [2.05, 4.69) is 106 Å². The normalized spacial score (nSPS) is 22.9. The largest absolute Gasteiger partial charge is 0.543 e. The second-order valence-electron chi connectivity index (χ2n) is 18.8. The second-order valence-corrected chi connectivity index (χ2v) is 29.1. The van der Waals surface area contributed by atoms with Crippen LogP contribution in [0.3, 0.4) is 0 Å². The summed E-state index contributed by atoms with van der Waals surface area (Å²) in [5.74, 6) is 2.52. The van der Waals surface area contributed by atoms with Crippen molar-refractivity contribution in [3.05, 3.63) is 114 Å². The highest BCUT2D eigenvalue weighted by atomic mass is 28.4. The molecule has 2 aliphatic heterocycles. The van der Waals surface area contributed by atoms with Crippen LogP contribution in [-0.4, -0.2) is 59.1 Å². The Balaban J connectivity index is 1.64. The first-order chi connectivity index (χ1) is 27.4. The summed E-state index contributed by atoms with van der Waals surface area (Å²) in [7, 11) is -4.56. The highest BCUT2D eigenvalue weighted by molar-refractivity contribution is 6.90. The lowest BCUT2D eigenvalue weighted by molar-refractivity contribution is -0.155. The first-order valence-electron chi connectivity index (χ1n) is 21.1. The average Bonchev–Trinajstić information content (AvgIpc) is 3.59. The molecule has 3 aliphatic rings. The fraction of sp³-hybridized carbons (Fsp3) is 0.490. The van der Waals surface area contributed by atoms with Crippen LogP contribution >= 0.6 is 0 Å². The van der Waals surface area contributed by atoms with Gasteiger partial charge in [-0.1, -0.05) is 148 Å². The van der Waals surface area contributed by atoms with Crippen LogP contribution in [0.5, 0.6) is 5.75 Å². The number of fused-ring (bicyclic) bond motifs is 3. The highest BCUT2D eigenvalue weighted by Gasteiger charge is 2.60. The van der Waals surface area contributed by atoms with E-state index < -0.39 is 52.4 Å². The molecule has 6 rings (SSSR count). The third kappa shape index (κ3) is 7.45. The van der Waals surface area contributed by atoms with E-state index in [0.29, 0.717) is 22.3 Å². The van der Waals surface area contributed by atoms with Crippen molar-refractivity contribution in [3.63, 3.8) is 0 Å². The van der Waals surface area contributed by atoms with E-state index in [1.54, 1.807) is 11.0 Å². The minimum absolute atomic E-state index is 0.0401. The van der Waals surface area contributed by atoms with Gasteiger partial charge in [0.05, 0.1) is 24.5 Å². The molecule has 310 valence electrons. The number of rotatable bonds is 10. The molecule has 3 aromatic carbocycles. The van der Waals surface area contributed by atoms with E-state index >= 15 is 0 Å². The molecule has 1 amide bonds. The van der Waals surface area contributed by atoms with Gasteiger partial charge in [0.2, 0.25) is 14.1 Å². The number of hydrogen-bond donors (Lipinski definition) is 1. The van der Waals surface area contributed by atoms with Crippen molar-refractivity contribution in [2.24, 2.45) is 11.8 Å². The lowest BCUT2D eigenvalue weighted by atomic mass is 9.67. The topological polar surface area (TPSA) is 77.5 Å². The molecule has 1 saturated heterocycles. The molecule has 0 spiro atoms. The Hall–Kier alpha value is -3.92. The van der Waals surface area contributed by atoms with E-state index in [4.69, 9.17) is 18.6 Å². The maximum atomic E-state index is 14.6. The molecule has 0 bridgehead atoms. The predicted octanol–water partition coefficient (Wildman–Crippen LogP) is 11.5. The lowest BCUT2D eigenvalue weighted by Gasteiger charge is -2.47. The fourth-order valence-electron chi connectivity index (χ4n) is 9.65. The van der Waals surface area contributed by atoms with Crippen molar-refractivity contribution in [2.45, 2.75) is 128 Å². The maximum Gasteiger partial charge on any atom is 0.415 e. The van der Waals surface area contributed by atoms with Crippen LogP contribution in [0.1, 0.15) is 85.9 Å². The van der Waals surface area contributed by atoms with Gasteiger partial charge in [0, 0.05) is 28.5 Å². The molecule has 0 saturated carbocycles. The number of ether oxygens (including phenoxy) is 3. The smallest absolute Gasteiger partial charge is 0.415 e. The number of carbonyl (C=O) groups excluding carboxylic acids is 1. The molecular formula is C49H65NO6Si2. The van der Waals surface area contributed by atoms with Crippen molar-refractivity contribution in [3.8, 4) is 17.2 Å². The second kappa shape index (κ2) is 16.6. The molecule has 9 heteroatoms. The standard InChI is InChI=1S/C49H65NO6Si2/c1-14-28-53-47(52)50-41-26-25-38(56-57(12,13)48(9,10)11)30-39(41)44-40(31-51)46-45(35(8)43(44)42(50)27-29-58(32(2)3,33(4)5)34(6)7)54-49(55-46,36-21-17-15-18-22-36)37-23-19-16-20-24-37/h14-26,30,32-35,40,42,45-46,51H,1,28,31H2,2-13H3/t35-,40+,42+,45+,46-/m1/s1. The predicted molar refractivity (Wildman–Crippen MR) is 241 cm³/mol. The van der Waals surface area contributed by atoms with Crippen LogP contribution in [0.15, 0.2) is 97.1 Å². The van der Waals surface area contributed by atoms with Gasteiger partial charge in [-0.2, -0.15) is 0 Å². The van der Waals surface area contributed by atoms with Gasteiger partial charge < -0.3 is 23.7 Å². The molecule has 0 radical (unpaired) electrons. The molecule has 0 unspecified atom stereocenters. The molecular weight excluding hydrogens is 755 g/mol. The number of benzene rings is 3. The minimum atomic E-state index is -2.29. The van der Waals surface area contributed by atoms with Gasteiger partial charge in [-0.05, 0) is 64.1 Å². The van der Waals surface area contributed by atoms with Gasteiger partial charge in [0.1, 0.15) is 26.5 Å². The van der Waals surface area contributed by atoms with Crippen molar-refractivity contribution < 1.29 is 28.5 Å². The van der Waals surface area contributed by atoms with Crippen LogP contribution in [-0.2, 0) is 20.0 Å². The fourth-order valence-corrected chi connectivity index (χ4v) is 15.9. The Morgan fingerprint density at radius 2 is 1.47 bits per heavy atom. The zero-order valence-corrected chi connectivity index (χ0v) is 38.8. The Kier molecular flexibility index (Phi) is 12.5. The monoisotopic (exact) mass is 819 g/mol. The van der Waals surface area contributed by atoms with Crippen molar-refractivity contribution in [2.75, 3.05) is 18.1 Å². The van der Waals surface area contributed by atoms with Gasteiger partial charge in [-0.15, -0.1) is 5.54 Å². The van der Waals surface area contributed by atoms with Crippen molar-refractivity contribution in [1.29, 1.82) is 0 Å². The van der Waals surface area contributed by atoms with Crippen LogP contribution < -0.4 is 9.33 Å². The van der Waals surface area contributed by atoms with Crippen LogP contribution in [0.2, 0.25) is 34.8 Å². The third-order valence-electron chi connectivity index (χ3n) is 13.6. The summed E-state index contributed by atoms with van der Waals surface area (Å²) in [6, 6.07) is 25.4. The molecule has 3 aromatic rings. The summed E-state index contributed by atoms with van der Waals surface area (Å²) < 4.78 is 27.5. The number of anilines is 1. The zero-order chi connectivity index (χ0) is 42.4. The van der Waals surface area contributed by atoms with E-state index in [-0.39, 0.29) is 24.2 Å². The Labute approximate surface area is 350 Å². The third-order valence-corrected chi connectivity index (χ3v) is 24.2. The summed E-state index contributed by atoms with van der Waals surface area (Å²) in [5.41, 5.74) is 10.2. The van der Waals surface area contributed by atoms with Crippen LogP contribution in [0, 0.1) is 23.3 Å². The molecule has 1 N–H and O–H groups in total. The van der Waals surface area contributed by atoms with E-state index in [1.807, 2.05) is 72.8 Å². The minimum Gasteiger partial charge on any atom is -0.543 e. The number of hydrogen-bond acceptors (Lipinski definition) is 6. The van der Waals surface area contributed by atoms with Crippen LogP contribution in [0.4, 0.5) is 10.5 Å². The van der Waals surface area contributed by atoms with Gasteiger partial charge in [-0.25, -0.2) is 4.79 Å². The van der Waals surface area contributed by atoms with Gasteiger partial charge in [0.25, 0.3) is 0 Å². The summed E-state index contributed by atoms with van der Waals surface area (Å²) in [6.07, 6.45) is 0.0738. The Bertz CT molecular complexity index is 2000. The SMILES string of the molecule is C=CCOC(=O)N1c2ccc(O[Si](C)(C)C(C)(C)C)cc2C2=C([C@@H](C)[C@@H]3OC(c4ccccc4)(c4ccccc4)O[C@@H]3[C@H]2CO)[C@@H]1C#C[Si](C(C)C)(C(C)C)C(C)C. The first-order valence-corrected chi connectivity index (χ1v) is 26.2. The number of aliphatic hydroxyl groups excluding tert-OH is 1. The summed E-state index contributed by atoms with van der Waals surface area (Å²) in [5, 5.41) is 11.6. The Morgan fingerprint density at radius 3 is 1.97 bits per heavy atom. The number of nitrogens with zero attached hydrogens (tertiary/aromatic N) is 1. The molecule has 0 aromatic heterocycles. The first kappa shape index (κ1) is 43.7. The lowest BCUT2D eigenvalue weighted by Crippen LogP contribution is -2.53. The zero-order valence-electron chi connectivity index (χ0n) is 36.8. The summed E-state index contributed by atoms with van der Waals surface area (Å²) >= 11 is 0. The molecule has 1 fully saturated rings. The number of aliphatic hydroxyl groups is 1. The van der Waals surface area contributed by atoms with E-state index in [9.17, 15) is 9.90 Å². The van der Waals surface area contributed by atoms with Gasteiger partial charge in [-0.3, -0.25) is 4.90 Å². The van der Waals surface area contributed by atoms with Crippen LogP contribution in [0.25, 0.3) is 5.57 Å². The quantitative estimate of drug-likeness (QED) is 0.125. The molecule has 7 nitrogen and oxygen atoms in total. The highest BCUT2D eigenvalue weighted by Crippen LogP contribution is 2.57. The molecule has 1 aliphatic carbocycles. The molecule has 5 atom stereocenters. The van der Waals surface area contributed by atoms with Gasteiger partial charge in [0.15, 0.2) is 0 Å². The maximum absolute atomic E-state index is 14.6. The number of carbonyl (C=O) groups is 1. The Morgan fingerprint density at radius 1 is 0.914 bits per heavy atom. The summed E-state index contributed by atoms with van der Waals surface area (Å²) in [6.45, 7) is 30.8. The molecule has 58 heavy (non-hydrogen) atoms. The van der Waals surface area contributed by atoms with Crippen molar-refractivity contribution in [1.82, 2.24) is 0 Å².